The Balaban J connectivity index is 2.47. The lowest BCUT2D eigenvalue weighted by Crippen LogP contribution is -2.14. The summed E-state index contributed by atoms with van der Waals surface area (Å²) in [5.74, 6) is 0. The fraction of sp³-hybridized carbons (Fsp3) is 0.250. The van der Waals surface area contributed by atoms with Gasteiger partial charge < -0.3 is 0 Å². The van der Waals surface area contributed by atoms with Crippen LogP contribution >= 0.6 is 11.6 Å². The number of nitrogens with two attached hydrogens (primary N) is 1. The van der Waals surface area contributed by atoms with E-state index in [1.165, 1.54) is 0 Å². The predicted octanol–water partition coefficient (Wildman–Crippen LogP) is 1.85. The van der Waals surface area contributed by atoms with Gasteiger partial charge in [0.25, 0.3) is 0 Å². The summed E-state index contributed by atoms with van der Waals surface area (Å²) in [7, 11) is -3.76. The van der Waals surface area contributed by atoms with Crippen molar-refractivity contribution in [2.75, 3.05) is 0 Å². The van der Waals surface area contributed by atoms with Crippen LogP contribution in [0.3, 0.4) is 0 Å². The van der Waals surface area contributed by atoms with Crippen LogP contribution in [-0.2, 0) is 16.6 Å². The molecule has 2 aromatic rings. The molecule has 0 saturated heterocycles. The molecule has 0 bridgehead atoms. The third kappa shape index (κ3) is 2.80. The van der Waals surface area contributed by atoms with Gasteiger partial charge in [-0.3, -0.25) is 4.68 Å². The van der Waals surface area contributed by atoms with Crippen LogP contribution in [0.1, 0.15) is 17.0 Å². The van der Waals surface area contributed by atoms with Gasteiger partial charge in [0.15, 0.2) is 0 Å². The van der Waals surface area contributed by atoms with E-state index in [2.05, 4.69) is 5.10 Å². The van der Waals surface area contributed by atoms with E-state index >= 15 is 0 Å². The molecule has 0 aliphatic heterocycles. The third-order valence-electron chi connectivity index (χ3n) is 2.88. The summed E-state index contributed by atoms with van der Waals surface area (Å²) in [5.41, 5.74) is 1.78. The molecule has 0 fully saturated rings. The number of benzene rings is 1. The first kappa shape index (κ1) is 14.0. The summed E-state index contributed by atoms with van der Waals surface area (Å²) in [6.07, 6.45) is 0. The first-order chi connectivity index (χ1) is 8.80. The first-order valence-electron chi connectivity index (χ1n) is 5.61. The Morgan fingerprint density at radius 2 is 1.95 bits per heavy atom. The topological polar surface area (TPSA) is 78.0 Å². The summed E-state index contributed by atoms with van der Waals surface area (Å²) in [6, 6.07) is 7.36. The molecule has 1 aromatic heterocycles. The Bertz CT molecular complexity index is 723. The highest BCUT2D eigenvalue weighted by atomic mass is 35.5. The number of aryl methyl sites for hydroxylation is 1. The molecule has 0 amide bonds. The first-order valence-corrected chi connectivity index (χ1v) is 7.53. The van der Waals surface area contributed by atoms with Gasteiger partial charge in [0, 0.05) is 5.02 Å². The summed E-state index contributed by atoms with van der Waals surface area (Å²) in [5, 5.41) is 10.0. The molecule has 0 unspecified atom stereocenters. The molecule has 0 spiro atoms. The summed E-state index contributed by atoms with van der Waals surface area (Å²) >= 11 is 6.08. The molecule has 19 heavy (non-hydrogen) atoms. The highest BCUT2D eigenvalue weighted by Crippen LogP contribution is 2.21. The van der Waals surface area contributed by atoms with Crippen LogP contribution < -0.4 is 5.14 Å². The largest absolute Gasteiger partial charge is 0.264 e. The Kier molecular flexibility index (Phi) is 3.66. The molecule has 0 aliphatic rings. The number of hydrogen-bond acceptors (Lipinski definition) is 3. The van der Waals surface area contributed by atoms with Crippen LogP contribution in [0.5, 0.6) is 0 Å². The van der Waals surface area contributed by atoms with E-state index in [1.807, 2.05) is 18.2 Å². The molecule has 102 valence electrons. The van der Waals surface area contributed by atoms with E-state index < -0.39 is 10.0 Å². The molecular formula is C12H14ClN3O2S. The maximum Gasteiger partial charge on any atom is 0.241 e. The van der Waals surface area contributed by atoms with Gasteiger partial charge in [0.05, 0.1) is 17.9 Å². The zero-order valence-electron chi connectivity index (χ0n) is 10.6. The Morgan fingerprint density at radius 1 is 1.32 bits per heavy atom. The maximum absolute atomic E-state index is 11.5. The second-order valence-electron chi connectivity index (χ2n) is 4.29. The van der Waals surface area contributed by atoms with E-state index in [0.717, 1.165) is 5.56 Å². The van der Waals surface area contributed by atoms with Gasteiger partial charge in [0.1, 0.15) is 4.90 Å². The number of rotatable bonds is 3. The minimum absolute atomic E-state index is 0.0829. The molecule has 0 radical (unpaired) electrons. The fourth-order valence-electron chi connectivity index (χ4n) is 2.03. The van der Waals surface area contributed by atoms with E-state index in [9.17, 15) is 8.42 Å². The molecule has 1 aromatic carbocycles. The lowest BCUT2D eigenvalue weighted by molar-refractivity contribution is 0.595. The highest BCUT2D eigenvalue weighted by Gasteiger charge is 2.21. The van der Waals surface area contributed by atoms with Gasteiger partial charge >= 0.3 is 0 Å². The Labute approximate surface area is 117 Å². The van der Waals surface area contributed by atoms with Crippen molar-refractivity contribution in [3.8, 4) is 0 Å². The van der Waals surface area contributed by atoms with Crippen molar-refractivity contribution in [2.45, 2.75) is 25.3 Å². The van der Waals surface area contributed by atoms with Crippen molar-refractivity contribution in [1.82, 2.24) is 9.78 Å². The van der Waals surface area contributed by atoms with Gasteiger partial charge in [-0.2, -0.15) is 5.10 Å². The van der Waals surface area contributed by atoms with Crippen molar-refractivity contribution in [2.24, 2.45) is 5.14 Å². The standard InChI is InChI=1S/C12H14ClN3O2S/c1-8-12(19(14,17)18)9(2)16(15-8)7-10-5-3-4-6-11(10)13/h3-6H,7H2,1-2H3,(H2,14,17,18). The van der Waals surface area contributed by atoms with Crippen LogP contribution in [-0.4, -0.2) is 18.2 Å². The number of hydrogen-bond donors (Lipinski definition) is 1. The lowest BCUT2D eigenvalue weighted by atomic mass is 10.2. The zero-order chi connectivity index (χ0) is 14.2. The zero-order valence-corrected chi connectivity index (χ0v) is 12.2. The summed E-state index contributed by atoms with van der Waals surface area (Å²) in [6.45, 7) is 3.70. The second kappa shape index (κ2) is 4.96. The molecule has 5 nitrogen and oxygen atoms in total. The van der Waals surface area contributed by atoms with Crippen LogP contribution in [0.25, 0.3) is 0 Å². The SMILES string of the molecule is Cc1nn(Cc2ccccc2Cl)c(C)c1S(N)(=O)=O. The minimum atomic E-state index is -3.76. The van der Waals surface area contributed by atoms with Gasteiger partial charge in [-0.15, -0.1) is 0 Å². The van der Waals surface area contributed by atoms with Crippen LogP contribution in [0.2, 0.25) is 5.02 Å². The van der Waals surface area contributed by atoms with Gasteiger partial charge in [-0.05, 0) is 25.5 Å². The van der Waals surface area contributed by atoms with Crippen molar-refractivity contribution >= 4 is 21.6 Å². The number of halogens is 1. The smallest absolute Gasteiger partial charge is 0.241 e. The molecule has 0 aliphatic carbocycles. The molecular weight excluding hydrogens is 286 g/mol. The fourth-order valence-corrected chi connectivity index (χ4v) is 3.20. The lowest BCUT2D eigenvalue weighted by Gasteiger charge is -2.06. The van der Waals surface area contributed by atoms with Crippen molar-refractivity contribution in [1.29, 1.82) is 0 Å². The number of nitrogens with zero attached hydrogens (tertiary/aromatic N) is 2. The van der Waals surface area contributed by atoms with Gasteiger partial charge in [0.2, 0.25) is 10.0 Å². The molecule has 0 saturated carbocycles. The molecule has 1 heterocycles. The van der Waals surface area contributed by atoms with Crippen molar-refractivity contribution < 1.29 is 8.42 Å². The van der Waals surface area contributed by atoms with Gasteiger partial charge in [-0.25, -0.2) is 13.6 Å². The summed E-state index contributed by atoms with van der Waals surface area (Å²) < 4.78 is 24.6. The number of sulfonamides is 1. The van der Waals surface area contributed by atoms with E-state index in [4.69, 9.17) is 16.7 Å². The average molecular weight is 300 g/mol. The highest BCUT2D eigenvalue weighted by molar-refractivity contribution is 7.89. The van der Waals surface area contributed by atoms with Crippen LogP contribution in [0, 0.1) is 13.8 Å². The number of aromatic nitrogens is 2. The Morgan fingerprint density at radius 3 is 2.47 bits per heavy atom. The normalized spacial score (nSPS) is 11.8. The third-order valence-corrected chi connectivity index (χ3v) is 4.41. The molecule has 0 atom stereocenters. The monoisotopic (exact) mass is 299 g/mol. The maximum atomic E-state index is 11.5. The minimum Gasteiger partial charge on any atom is -0.264 e. The van der Waals surface area contributed by atoms with Crippen LogP contribution in [0.15, 0.2) is 29.2 Å². The Hall–Kier alpha value is -1.37. The van der Waals surface area contributed by atoms with E-state index in [1.54, 1.807) is 24.6 Å². The van der Waals surface area contributed by atoms with E-state index in [0.29, 0.717) is 23.0 Å². The summed E-state index contributed by atoms with van der Waals surface area (Å²) in [4.78, 5) is 0.0829. The number of primary sulfonamides is 1. The van der Waals surface area contributed by atoms with Crippen molar-refractivity contribution in [3.05, 3.63) is 46.2 Å². The average Bonchev–Trinajstić information content (AvgIpc) is 2.56. The van der Waals surface area contributed by atoms with E-state index in [-0.39, 0.29) is 4.90 Å². The van der Waals surface area contributed by atoms with Crippen LogP contribution in [0.4, 0.5) is 0 Å². The molecule has 7 heteroatoms. The quantitative estimate of drug-likeness (QED) is 0.939. The van der Waals surface area contributed by atoms with Crippen molar-refractivity contribution in [3.63, 3.8) is 0 Å². The predicted molar refractivity (Wildman–Crippen MR) is 73.6 cm³/mol. The molecule has 2 rings (SSSR count). The van der Waals surface area contributed by atoms with Gasteiger partial charge in [-0.1, -0.05) is 29.8 Å². The second-order valence-corrected chi connectivity index (χ2v) is 6.20. The molecule has 2 N–H and O–H groups in total.